The molecule has 1 aromatic carbocycles. The summed E-state index contributed by atoms with van der Waals surface area (Å²) in [6.07, 6.45) is 2.25. The summed E-state index contributed by atoms with van der Waals surface area (Å²) in [5.74, 6) is 1.02. The van der Waals surface area contributed by atoms with Crippen molar-refractivity contribution in [1.82, 2.24) is 14.8 Å². The van der Waals surface area contributed by atoms with Gasteiger partial charge in [0.05, 0.1) is 16.5 Å². The SMILES string of the molecule is N#Cc1ccc(F)c(CSc2nnc(-c3cccs3)n2C2CC2)c1. The van der Waals surface area contributed by atoms with Gasteiger partial charge in [0, 0.05) is 11.8 Å². The first-order valence-electron chi connectivity index (χ1n) is 7.56. The Balaban J connectivity index is 1.61. The van der Waals surface area contributed by atoms with Crippen LogP contribution in [0.25, 0.3) is 10.7 Å². The van der Waals surface area contributed by atoms with Gasteiger partial charge in [-0.1, -0.05) is 17.8 Å². The van der Waals surface area contributed by atoms with E-state index < -0.39 is 0 Å². The molecule has 7 heteroatoms. The molecule has 1 aliphatic carbocycles. The molecule has 1 aliphatic rings. The molecule has 0 N–H and O–H groups in total. The largest absolute Gasteiger partial charge is 0.298 e. The number of thiophene rings is 1. The van der Waals surface area contributed by atoms with Gasteiger partial charge in [-0.05, 0) is 48.1 Å². The average molecular weight is 356 g/mol. The zero-order chi connectivity index (χ0) is 16.5. The number of nitrogens with zero attached hydrogens (tertiary/aromatic N) is 4. The third-order valence-corrected chi connectivity index (χ3v) is 5.71. The van der Waals surface area contributed by atoms with Crippen LogP contribution in [0.4, 0.5) is 4.39 Å². The van der Waals surface area contributed by atoms with E-state index in [4.69, 9.17) is 5.26 Å². The highest BCUT2D eigenvalue weighted by Gasteiger charge is 2.30. The first kappa shape index (κ1) is 15.4. The van der Waals surface area contributed by atoms with Gasteiger partial charge < -0.3 is 0 Å². The summed E-state index contributed by atoms with van der Waals surface area (Å²) < 4.78 is 16.1. The monoisotopic (exact) mass is 356 g/mol. The molecule has 0 aliphatic heterocycles. The molecule has 24 heavy (non-hydrogen) atoms. The van der Waals surface area contributed by atoms with Crippen molar-refractivity contribution in [1.29, 1.82) is 5.26 Å². The van der Waals surface area contributed by atoms with Gasteiger partial charge in [-0.2, -0.15) is 5.26 Å². The van der Waals surface area contributed by atoms with Crippen molar-refractivity contribution in [2.45, 2.75) is 29.8 Å². The maximum absolute atomic E-state index is 13.9. The van der Waals surface area contributed by atoms with Crippen LogP contribution in [-0.2, 0) is 5.75 Å². The minimum Gasteiger partial charge on any atom is -0.298 e. The molecular weight excluding hydrogens is 343 g/mol. The van der Waals surface area contributed by atoms with Gasteiger partial charge in [0.15, 0.2) is 11.0 Å². The summed E-state index contributed by atoms with van der Waals surface area (Å²) in [5, 5.41) is 20.5. The Morgan fingerprint density at radius 3 is 2.92 bits per heavy atom. The quantitative estimate of drug-likeness (QED) is 0.625. The molecule has 4 nitrogen and oxygen atoms in total. The molecule has 3 aromatic rings. The van der Waals surface area contributed by atoms with Gasteiger partial charge in [-0.25, -0.2) is 4.39 Å². The predicted molar refractivity (Wildman–Crippen MR) is 92.3 cm³/mol. The summed E-state index contributed by atoms with van der Waals surface area (Å²) in [6.45, 7) is 0. The average Bonchev–Trinajstić information content (AvgIpc) is 3.12. The van der Waals surface area contributed by atoms with Crippen molar-refractivity contribution in [3.05, 3.63) is 52.7 Å². The highest BCUT2D eigenvalue weighted by atomic mass is 32.2. The molecule has 0 atom stereocenters. The van der Waals surface area contributed by atoms with Crippen LogP contribution < -0.4 is 0 Å². The highest BCUT2D eigenvalue weighted by Crippen LogP contribution is 2.42. The van der Waals surface area contributed by atoms with Crippen LogP contribution in [0, 0.1) is 17.1 Å². The molecule has 2 aromatic heterocycles. The van der Waals surface area contributed by atoms with E-state index in [9.17, 15) is 4.39 Å². The Kier molecular flexibility index (Phi) is 4.08. The van der Waals surface area contributed by atoms with Crippen molar-refractivity contribution in [3.8, 4) is 16.8 Å². The summed E-state index contributed by atoms with van der Waals surface area (Å²) in [5.41, 5.74) is 0.983. The van der Waals surface area contributed by atoms with Gasteiger partial charge in [-0.15, -0.1) is 21.5 Å². The highest BCUT2D eigenvalue weighted by molar-refractivity contribution is 7.98. The van der Waals surface area contributed by atoms with Gasteiger partial charge in [0.1, 0.15) is 5.82 Å². The van der Waals surface area contributed by atoms with E-state index in [0.29, 0.717) is 22.9 Å². The maximum atomic E-state index is 13.9. The molecule has 2 heterocycles. The van der Waals surface area contributed by atoms with Crippen molar-refractivity contribution >= 4 is 23.1 Å². The topological polar surface area (TPSA) is 54.5 Å². The molecule has 1 saturated carbocycles. The van der Waals surface area contributed by atoms with Gasteiger partial charge >= 0.3 is 0 Å². The molecule has 0 bridgehead atoms. The van der Waals surface area contributed by atoms with E-state index in [0.717, 1.165) is 28.7 Å². The number of aromatic nitrogens is 3. The van der Waals surface area contributed by atoms with Crippen LogP contribution in [0.2, 0.25) is 0 Å². The zero-order valence-electron chi connectivity index (χ0n) is 12.6. The number of benzene rings is 1. The number of nitriles is 1. The minimum absolute atomic E-state index is 0.294. The molecule has 120 valence electrons. The fourth-order valence-electron chi connectivity index (χ4n) is 2.51. The lowest BCUT2D eigenvalue weighted by Gasteiger charge is -2.08. The summed E-state index contributed by atoms with van der Waals surface area (Å²) in [4.78, 5) is 1.10. The smallest absolute Gasteiger partial charge is 0.192 e. The molecule has 0 amide bonds. The summed E-state index contributed by atoms with van der Waals surface area (Å²) in [6, 6.07) is 11.0. The normalized spacial score (nSPS) is 13.8. The van der Waals surface area contributed by atoms with E-state index in [1.165, 1.54) is 23.9 Å². The third-order valence-electron chi connectivity index (χ3n) is 3.85. The summed E-state index contributed by atoms with van der Waals surface area (Å²) >= 11 is 3.11. The van der Waals surface area contributed by atoms with Gasteiger partial charge in [0.2, 0.25) is 0 Å². The first-order valence-corrected chi connectivity index (χ1v) is 9.43. The number of hydrogen-bond donors (Lipinski definition) is 0. The number of rotatable bonds is 5. The molecule has 0 unspecified atom stereocenters. The van der Waals surface area contributed by atoms with E-state index in [1.807, 2.05) is 23.6 Å². The van der Waals surface area contributed by atoms with Crippen molar-refractivity contribution in [3.63, 3.8) is 0 Å². The second-order valence-electron chi connectivity index (χ2n) is 5.59. The van der Waals surface area contributed by atoms with E-state index in [1.54, 1.807) is 17.4 Å². The van der Waals surface area contributed by atoms with E-state index in [2.05, 4.69) is 14.8 Å². The Morgan fingerprint density at radius 1 is 1.33 bits per heavy atom. The summed E-state index contributed by atoms with van der Waals surface area (Å²) in [7, 11) is 0. The van der Waals surface area contributed by atoms with Crippen molar-refractivity contribution in [2.75, 3.05) is 0 Å². The van der Waals surface area contributed by atoms with Crippen LogP contribution >= 0.6 is 23.1 Å². The Hall–Kier alpha value is -2.17. The predicted octanol–water partition coefficient (Wildman–Crippen LogP) is 4.64. The van der Waals surface area contributed by atoms with Crippen LogP contribution in [0.3, 0.4) is 0 Å². The lowest BCUT2D eigenvalue weighted by Crippen LogP contribution is -1.99. The molecule has 0 spiro atoms. The van der Waals surface area contributed by atoms with Crippen molar-refractivity contribution in [2.24, 2.45) is 0 Å². The number of halogens is 1. The Bertz CT molecular complexity index is 907. The third kappa shape index (κ3) is 2.95. The lowest BCUT2D eigenvalue weighted by atomic mass is 10.1. The lowest BCUT2D eigenvalue weighted by molar-refractivity contribution is 0.616. The van der Waals surface area contributed by atoms with Crippen LogP contribution in [-0.4, -0.2) is 14.8 Å². The van der Waals surface area contributed by atoms with Crippen LogP contribution in [0.1, 0.15) is 30.0 Å². The first-order chi connectivity index (χ1) is 11.8. The van der Waals surface area contributed by atoms with Crippen LogP contribution in [0.5, 0.6) is 0 Å². The van der Waals surface area contributed by atoms with E-state index in [-0.39, 0.29) is 5.82 Å². The van der Waals surface area contributed by atoms with Gasteiger partial charge in [-0.3, -0.25) is 4.57 Å². The second-order valence-corrected chi connectivity index (χ2v) is 7.48. The maximum Gasteiger partial charge on any atom is 0.192 e. The fraction of sp³-hybridized carbons (Fsp3) is 0.235. The van der Waals surface area contributed by atoms with Crippen molar-refractivity contribution < 1.29 is 4.39 Å². The number of thioether (sulfide) groups is 1. The molecular formula is C17H13FN4S2. The molecule has 4 rings (SSSR count). The molecule has 1 fully saturated rings. The minimum atomic E-state index is -0.294. The Labute approximate surface area is 147 Å². The molecule has 0 saturated heterocycles. The number of hydrogen-bond acceptors (Lipinski definition) is 5. The second kappa shape index (κ2) is 6.38. The standard InChI is InChI=1S/C17H13FN4S2/c18-14-6-3-11(9-19)8-12(14)10-24-17-21-20-16(15-2-1-7-23-15)22(17)13-4-5-13/h1-3,6-8,13H,4-5,10H2. The van der Waals surface area contributed by atoms with Crippen LogP contribution in [0.15, 0.2) is 40.9 Å². The van der Waals surface area contributed by atoms with Gasteiger partial charge in [0.25, 0.3) is 0 Å². The fourth-order valence-corrected chi connectivity index (χ4v) is 4.19. The van der Waals surface area contributed by atoms with E-state index >= 15 is 0 Å². The zero-order valence-corrected chi connectivity index (χ0v) is 14.3. The molecule has 0 radical (unpaired) electrons. The Morgan fingerprint density at radius 2 is 2.21 bits per heavy atom.